The van der Waals surface area contributed by atoms with Crippen LogP contribution in [0.15, 0.2) is 29.1 Å². The number of nitrogens with two attached hydrogens (primary N) is 1. The Labute approximate surface area is 168 Å². The van der Waals surface area contributed by atoms with Crippen molar-refractivity contribution in [2.24, 2.45) is 5.92 Å². The molecular formula is C17H16N4O7S. The van der Waals surface area contributed by atoms with Crippen LogP contribution in [0.5, 0.6) is 0 Å². The van der Waals surface area contributed by atoms with Crippen molar-refractivity contribution in [1.82, 2.24) is 9.97 Å². The van der Waals surface area contributed by atoms with Crippen molar-refractivity contribution in [3.63, 3.8) is 0 Å². The highest BCUT2D eigenvalue weighted by Crippen LogP contribution is 2.41. The smallest absolute Gasteiger partial charge is 0.324 e. The number of anilines is 1. The summed E-state index contributed by atoms with van der Waals surface area (Å²) in [5.41, 5.74) is 4.35. The lowest BCUT2D eigenvalue weighted by atomic mass is 9.79. The molecule has 1 aromatic carbocycles. The lowest BCUT2D eigenvalue weighted by Crippen LogP contribution is -2.49. The average molecular weight is 420 g/mol. The lowest BCUT2D eigenvalue weighted by molar-refractivity contribution is -0.385. The minimum Gasteiger partial charge on any atom is -0.422 e. The number of para-hydroxylation sites is 1. The zero-order chi connectivity index (χ0) is 21.5. The Morgan fingerprint density at radius 1 is 1.17 bits per heavy atom. The maximum absolute atomic E-state index is 12.7. The molecule has 0 saturated carbocycles. The van der Waals surface area contributed by atoms with Gasteiger partial charge < -0.3 is 20.2 Å². The number of rotatable bonds is 4. The third-order valence-electron chi connectivity index (χ3n) is 4.32. The van der Waals surface area contributed by atoms with Crippen LogP contribution in [0.4, 0.5) is 11.5 Å². The summed E-state index contributed by atoms with van der Waals surface area (Å²) < 4.78 is 10.2. The number of carbonyl (C=O) groups is 2. The molecule has 3 rings (SSSR count). The Morgan fingerprint density at radius 3 is 2.31 bits per heavy atom. The van der Waals surface area contributed by atoms with Crippen molar-refractivity contribution in [3.05, 3.63) is 60.6 Å². The molecule has 1 aromatic heterocycles. The fraction of sp³-hybridized carbons (Fsp3) is 0.294. The number of aromatic amines is 2. The highest BCUT2D eigenvalue weighted by atomic mass is 32.1. The van der Waals surface area contributed by atoms with Crippen LogP contribution in [-0.4, -0.2) is 32.6 Å². The van der Waals surface area contributed by atoms with Gasteiger partial charge in [-0.2, -0.15) is 0 Å². The maximum Gasteiger partial charge on any atom is 0.324 e. The molecule has 1 saturated heterocycles. The van der Waals surface area contributed by atoms with E-state index in [1.54, 1.807) is 0 Å². The van der Waals surface area contributed by atoms with Crippen molar-refractivity contribution < 1.29 is 24.0 Å². The van der Waals surface area contributed by atoms with E-state index in [0.29, 0.717) is 0 Å². The molecule has 4 N–H and O–H groups in total. The molecule has 0 radical (unpaired) electrons. The van der Waals surface area contributed by atoms with Gasteiger partial charge in [-0.15, -0.1) is 0 Å². The number of nitro benzene ring substituents is 1. The van der Waals surface area contributed by atoms with Crippen LogP contribution in [-0.2, 0) is 19.1 Å². The fourth-order valence-corrected chi connectivity index (χ4v) is 3.44. The number of hydrogen-bond acceptors (Lipinski definition) is 9. The van der Waals surface area contributed by atoms with Crippen LogP contribution in [0.25, 0.3) is 0 Å². The van der Waals surface area contributed by atoms with Gasteiger partial charge in [-0.3, -0.25) is 29.5 Å². The van der Waals surface area contributed by atoms with Crippen molar-refractivity contribution in [3.8, 4) is 0 Å². The van der Waals surface area contributed by atoms with E-state index in [2.05, 4.69) is 9.97 Å². The molecule has 1 aliphatic heterocycles. The van der Waals surface area contributed by atoms with Crippen molar-refractivity contribution >= 4 is 35.7 Å². The first-order chi connectivity index (χ1) is 13.5. The van der Waals surface area contributed by atoms with Gasteiger partial charge in [0.25, 0.3) is 17.0 Å². The fourth-order valence-electron chi connectivity index (χ4n) is 3.24. The number of hydrogen-bond donors (Lipinski definition) is 3. The minimum absolute atomic E-state index is 0.0844. The molecule has 0 aliphatic carbocycles. The van der Waals surface area contributed by atoms with E-state index in [1.807, 2.05) is 0 Å². The van der Waals surface area contributed by atoms with Crippen molar-refractivity contribution in [2.75, 3.05) is 5.73 Å². The average Bonchev–Trinajstić information content (AvgIpc) is 2.57. The van der Waals surface area contributed by atoms with Crippen LogP contribution in [0.3, 0.4) is 0 Å². The number of nitrogens with one attached hydrogen (secondary N) is 2. The summed E-state index contributed by atoms with van der Waals surface area (Å²) >= 11 is 4.87. The van der Waals surface area contributed by atoms with Gasteiger partial charge in [-0.05, 0) is 12.2 Å². The van der Waals surface area contributed by atoms with Gasteiger partial charge >= 0.3 is 11.9 Å². The number of aromatic nitrogens is 2. The number of esters is 2. The number of benzene rings is 1. The standard InChI is InChI=1S/C17H16N4O7S/c1-17(2)27-14(23)11(15(24)28-17)9(7-5-3-4-6-8(7)21(25)26)10-12(18)19-16(29)20-13(10)22/h3-6,9,11H,1-2H3,(H4,18,19,20,22,29). The largest absolute Gasteiger partial charge is 0.422 e. The molecule has 152 valence electrons. The Kier molecular flexibility index (Phi) is 4.96. The van der Waals surface area contributed by atoms with Gasteiger partial charge in [-0.25, -0.2) is 0 Å². The van der Waals surface area contributed by atoms with E-state index < -0.39 is 45.7 Å². The Bertz CT molecular complexity index is 1120. The number of cyclic esters (lactones) is 2. The summed E-state index contributed by atoms with van der Waals surface area (Å²) in [4.78, 5) is 53.8. The maximum atomic E-state index is 12.7. The quantitative estimate of drug-likeness (QED) is 0.218. The zero-order valence-corrected chi connectivity index (χ0v) is 16.1. The Morgan fingerprint density at radius 2 is 1.76 bits per heavy atom. The molecule has 29 heavy (non-hydrogen) atoms. The van der Waals surface area contributed by atoms with Crippen molar-refractivity contribution in [2.45, 2.75) is 25.6 Å². The molecule has 1 fully saturated rings. The van der Waals surface area contributed by atoms with Gasteiger partial charge in [0.2, 0.25) is 0 Å². The van der Waals surface area contributed by atoms with E-state index >= 15 is 0 Å². The highest BCUT2D eigenvalue weighted by molar-refractivity contribution is 7.71. The normalized spacial score (nSPS) is 17.3. The third-order valence-corrected chi connectivity index (χ3v) is 4.53. The molecule has 1 unspecified atom stereocenters. The van der Waals surface area contributed by atoms with E-state index in [9.17, 15) is 24.5 Å². The predicted molar refractivity (Wildman–Crippen MR) is 101 cm³/mol. The number of H-pyrrole nitrogens is 2. The Hall–Kier alpha value is -3.54. The molecule has 0 spiro atoms. The topological polar surface area (TPSA) is 170 Å². The first kappa shape index (κ1) is 20.2. The van der Waals surface area contributed by atoms with Gasteiger partial charge in [0, 0.05) is 31.4 Å². The summed E-state index contributed by atoms with van der Waals surface area (Å²) in [5.74, 6) is -6.93. The highest BCUT2D eigenvalue weighted by Gasteiger charge is 2.50. The van der Waals surface area contributed by atoms with E-state index in [0.717, 1.165) is 0 Å². The number of nitrogens with zero attached hydrogens (tertiary/aromatic N) is 1. The number of ether oxygens (including phenoxy) is 2. The summed E-state index contributed by atoms with van der Waals surface area (Å²) in [6, 6.07) is 5.38. The Balaban J connectivity index is 2.32. The summed E-state index contributed by atoms with van der Waals surface area (Å²) in [7, 11) is 0. The van der Waals surface area contributed by atoms with Gasteiger partial charge in [0.05, 0.1) is 10.5 Å². The molecular weight excluding hydrogens is 404 g/mol. The van der Waals surface area contributed by atoms with Crippen LogP contribution in [0, 0.1) is 20.8 Å². The number of carbonyl (C=O) groups excluding carboxylic acids is 2. The summed E-state index contributed by atoms with van der Waals surface area (Å²) in [5, 5.41) is 11.6. The van der Waals surface area contributed by atoms with Crippen LogP contribution < -0.4 is 11.3 Å². The van der Waals surface area contributed by atoms with Crippen LogP contribution in [0.2, 0.25) is 0 Å². The van der Waals surface area contributed by atoms with Gasteiger partial charge in [0.15, 0.2) is 10.7 Å². The van der Waals surface area contributed by atoms with Gasteiger partial charge in [0.1, 0.15) is 5.82 Å². The molecule has 11 nitrogen and oxygen atoms in total. The monoisotopic (exact) mass is 420 g/mol. The lowest BCUT2D eigenvalue weighted by Gasteiger charge is -2.35. The van der Waals surface area contributed by atoms with E-state index in [1.165, 1.54) is 38.1 Å². The van der Waals surface area contributed by atoms with Crippen molar-refractivity contribution in [1.29, 1.82) is 0 Å². The van der Waals surface area contributed by atoms with E-state index in [-0.39, 0.29) is 21.7 Å². The second-order valence-electron chi connectivity index (χ2n) is 6.75. The van der Waals surface area contributed by atoms with Crippen LogP contribution >= 0.6 is 12.2 Å². The van der Waals surface area contributed by atoms with E-state index in [4.69, 9.17) is 27.4 Å². The van der Waals surface area contributed by atoms with Gasteiger partial charge in [-0.1, -0.05) is 18.2 Å². The SMILES string of the molecule is CC1(C)OC(=O)C(C(c2ccccc2[N+](=O)[O-])c2c(N)[nH]c(=S)[nH]c2=O)C(=O)O1. The predicted octanol–water partition coefficient (Wildman–Crippen LogP) is 1.51. The molecule has 2 aromatic rings. The molecule has 0 bridgehead atoms. The number of nitrogen functional groups attached to an aromatic ring is 1. The molecule has 1 aliphatic rings. The third kappa shape index (κ3) is 3.74. The van der Waals surface area contributed by atoms with Crippen LogP contribution in [0.1, 0.15) is 30.9 Å². The molecule has 0 amide bonds. The first-order valence-electron chi connectivity index (χ1n) is 8.33. The summed E-state index contributed by atoms with van der Waals surface area (Å²) in [6.45, 7) is 2.72. The first-order valence-corrected chi connectivity index (χ1v) is 8.73. The molecule has 12 heteroatoms. The summed E-state index contributed by atoms with van der Waals surface area (Å²) in [6.07, 6.45) is 0. The molecule has 1 atom stereocenters. The number of nitro groups is 1. The second-order valence-corrected chi connectivity index (χ2v) is 7.16. The zero-order valence-electron chi connectivity index (χ0n) is 15.3. The second kappa shape index (κ2) is 7.13. The molecule has 2 heterocycles. The minimum atomic E-state index is -1.70.